The lowest BCUT2D eigenvalue weighted by atomic mass is 10.1. The monoisotopic (exact) mass is 228 g/mol. The van der Waals surface area contributed by atoms with Gasteiger partial charge in [0.15, 0.2) is 0 Å². The lowest BCUT2D eigenvalue weighted by Crippen LogP contribution is -2.09. The van der Waals surface area contributed by atoms with Crippen LogP contribution in [-0.4, -0.2) is 4.57 Å². The van der Waals surface area contributed by atoms with Crippen LogP contribution in [0.15, 0.2) is 24.3 Å². The van der Waals surface area contributed by atoms with Crippen LogP contribution in [0.5, 0.6) is 0 Å². The van der Waals surface area contributed by atoms with E-state index in [1.807, 2.05) is 6.07 Å². The molecular formula is C16H22N. The highest BCUT2D eigenvalue weighted by molar-refractivity contribution is 5.81. The highest BCUT2D eigenvalue weighted by Crippen LogP contribution is 2.23. The van der Waals surface area contributed by atoms with Gasteiger partial charge in [-0.2, -0.15) is 0 Å². The molecule has 0 saturated carbocycles. The average molecular weight is 228 g/mol. The van der Waals surface area contributed by atoms with Crippen molar-refractivity contribution < 1.29 is 0 Å². The summed E-state index contributed by atoms with van der Waals surface area (Å²) in [4.78, 5) is 0. The first-order valence-corrected chi connectivity index (χ1v) is 6.56. The first-order chi connectivity index (χ1) is 8.08. The highest BCUT2D eigenvalue weighted by Gasteiger charge is 2.10. The minimum atomic E-state index is 0.681. The van der Waals surface area contributed by atoms with E-state index in [9.17, 15) is 0 Å². The molecule has 1 nitrogen and oxygen atoms in total. The van der Waals surface area contributed by atoms with Gasteiger partial charge in [-0.05, 0) is 42.5 Å². The molecule has 0 aliphatic rings. The van der Waals surface area contributed by atoms with Crippen molar-refractivity contribution in [3.05, 3.63) is 36.0 Å². The summed E-state index contributed by atoms with van der Waals surface area (Å²) in [6.07, 6.45) is 1.15. The third kappa shape index (κ3) is 2.71. The maximum absolute atomic E-state index is 3.17. The zero-order chi connectivity index (χ0) is 12.4. The van der Waals surface area contributed by atoms with E-state index in [-0.39, 0.29) is 0 Å². The minimum absolute atomic E-state index is 0.681. The molecule has 0 atom stereocenters. The van der Waals surface area contributed by atoms with Crippen LogP contribution in [-0.2, 0) is 13.0 Å². The molecule has 0 unspecified atom stereocenters. The van der Waals surface area contributed by atoms with Gasteiger partial charge < -0.3 is 4.57 Å². The lowest BCUT2D eigenvalue weighted by Gasteiger charge is -2.14. The second kappa shape index (κ2) is 4.95. The normalized spacial score (nSPS) is 11.9. The Kier molecular flexibility index (Phi) is 3.56. The van der Waals surface area contributed by atoms with E-state index >= 15 is 0 Å². The van der Waals surface area contributed by atoms with Crippen LogP contribution in [0.25, 0.3) is 10.9 Å². The van der Waals surface area contributed by atoms with E-state index in [1.165, 1.54) is 16.6 Å². The summed E-state index contributed by atoms with van der Waals surface area (Å²) < 4.78 is 2.48. The van der Waals surface area contributed by atoms with Gasteiger partial charge in [-0.25, -0.2) is 0 Å². The predicted molar refractivity (Wildman–Crippen MR) is 74.2 cm³/mol. The largest absolute Gasteiger partial charge is 0.344 e. The van der Waals surface area contributed by atoms with Crippen LogP contribution in [0.4, 0.5) is 0 Å². The smallest absolute Gasteiger partial charge is 0.0483 e. The van der Waals surface area contributed by atoms with Crippen LogP contribution < -0.4 is 0 Å². The summed E-state index contributed by atoms with van der Waals surface area (Å²) >= 11 is 0. The van der Waals surface area contributed by atoms with E-state index < -0.39 is 0 Å². The van der Waals surface area contributed by atoms with Crippen molar-refractivity contribution in [2.75, 3.05) is 0 Å². The molecule has 0 spiro atoms. The quantitative estimate of drug-likeness (QED) is 0.735. The molecule has 0 amide bonds. The average Bonchev–Trinajstić information content (AvgIpc) is 2.55. The van der Waals surface area contributed by atoms with Gasteiger partial charge in [0.25, 0.3) is 0 Å². The molecule has 2 rings (SSSR count). The standard InChI is InChI=1S/C16H22N/c1-12(2)9-15-10-14-7-5-6-8-16(14)17(15)11-13(3)4/h6-8,10,12-13H,9,11H2,1-4H3. The first kappa shape index (κ1) is 12.2. The number of fused-ring (bicyclic) bond motifs is 1. The topological polar surface area (TPSA) is 4.93 Å². The second-order valence-electron chi connectivity index (χ2n) is 5.72. The second-order valence-corrected chi connectivity index (χ2v) is 5.72. The lowest BCUT2D eigenvalue weighted by molar-refractivity contribution is 0.507. The highest BCUT2D eigenvalue weighted by atomic mass is 15.0. The number of hydrogen-bond acceptors (Lipinski definition) is 0. The number of hydrogen-bond donors (Lipinski definition) is 0. The van der Waals surface area contributed by atoms with Gasteiger partial charge in [0.1, 0.15) is 0 Å². The summed E-state index contributed by atoms with van der Waals surface area (Å²) in [5, 5.41) is 1.32. The molecule has 0 aliphatic heterocycles. The van der Waals surface area contributed by atoms with E-state index in [0.29, 0.717) is 11.8 Å². The Morgan fingerprint density at radius 3 is 2.59 bits per heavy atom. The Labute approximate surface area is 104 Å². The van der Waals surface area contributed by atoms with Crippen molar-refractivity contribution in [3.8, 4) is 0 Å². The van der Waals surface area contributed by atoms with Gasteiger partial charge in [-0.1, -0.05) is 33.8 Å². The van der Waals surface area contributed by atoms with Crippen LogP contribution in [0, 0.1) is 17.9 Å². The molecule has 91 valence electrons. The summed E-state index contributed by atoms with van der Waals surface area (Å²) in [5.41, 5.74) is 2.82. The number of aromatic nitrogens is 1. The van der Waals surface area contributed by atoms with Crippen LogP contribution >= 0.6 is 0 Å². The third-order valence-corrected chi connectivity index (χ3v) is 3.00. The number of benzene rings is 1. The van der Waals surface area contributed by atoms with Crippen LogP contribution in [0.3, 0.4) is 0 Å². The number of nitrogens with zero attached hydrogens (tertiary/aromatic N) is 1. The van der Waals surface area contributed by atoms with Gasteiger partial charge in [-0.3, -0.25) is 0 Å². The van der Waals surface area contributed by atoms with Gasteiger partial charge in [0.2, 0.25) is 0 Å². The van der Waals surface area contributed by atoms with Crippen molar-refractivity contribution in [1.82, 2.24) is 4.57 Å². The minimum Gasteiger partial charge on any atom is -0.344 e. The Morgan fingerprint density at radius 1 is 1.18 bits per heavy atom. The van der Waals surface area contributed by atoms with Gasteiger partial charge in [-0.15, -0.1) is 0 Å². The fourth-order valence-electron chi connectivity index (χ4n) is 2.38. The maximum Gasteiger partial charge on any atom is 0.0483 e. The Balaban J connectivity index is 2.48. The zero-order valence-corrected chi connectivity index (χ0v) is 11.3. The molecule has 1 heteroatoms. The third-order valence-electron chi connectivity index (χ3n) is 3.00. The van der Waals surface area contributed by atoms with Crippen molar-refractivity contribution in [1.29, 1.82) is 0 Å². The molecule has 0 fully saturated rings. The molecule has 0 N–H and O–H groups in total. The molecule has 1 heterocycles. The Morgan fingerprint density at radius 2 is 1.94 bits per heavy atom. The molecule has 0 aliphatic carbocycles. The molecule has 17 heavy (non-hydrogen) atoms. The fraction of sp³-hybridized carbons (Fsp3) is 0.500. The molecule has 2 aromatic rings. The van der Waals surface area contributed by atoms with Crippen molar-refractivity contribution in [3.63, 3.8) is 0 Å². The SMILES string of the molecule is CC(C)Cc1cc2c[c]ccc2n1CC(C)C. The fourth-order valence-corrected chi connectivity index (χ4v) is 2.38. The number of rotatable bonds is 4. The van der Waals surface area contributed by atoms with Crippen LogP contribution in [0.1, 0.15) is 33.4 Å². The predicted octanol–water partition coefficient (Wildman–Crippen LogP) is 4.30. The Hall–Kier alpha value is -1.24. The zero-order valence-electron chi connectivity index (χ0n) is 11.3. The van der Waals surface area contributed by atoms with Crippen molar-refractivity contribution in [2.24, 2.45) is 11.8 Å². The summed E-state index contributed by atoms with van der Waals surface area (Å²) in [6, 6.07) is 11.8. The van der Waals surface area contributed by atoms with E-state index in [0.717, 1.165) is 13.0 Å². The van der Waals surface area contributed by atoms with E-state index in [1.54, 1.807) is 0 Å². The van der Waals surface area contributed by atoms with Gasteiger partial charge in [0.05, 0.1) is 0 Å². The van der Waals surface area contributed by atoms with Crippen molar-refractivity contribution in [2.45, 2.75) is 40.7 Å². The summed E-state index contributed by atoms with van der Waals surface area (Å²) in [6.45, 7) is 10.2. The van der Waals surface area contributed by atoms with Gasteiger partial charge >= 0.3 is 0 Å². The Bertz CT molecular complexity index is 491. The summed E-state index contributed by atoms with van der Waals surface area (Å²) in [5.74, 6) is 1.38. The molecule has 0 saturated heterocycles. The molecule has 1 aromatic heterocycles. The molecule has 1 radical (unpaired) electrons. The molecule has 1 aromatic carbocycles. The molecular weight excluding hydrogens is 206 g/mol. The molecule has 0 bridgehead atoms. The maximum atomic E-state index is 3.17. The summed E-state index contributed by atoms with van der Waals surface area (Å²) in [7, 11) is 0. The van der Waals surface area contributed by atoms with Crippen LogP contribution in [0.2, 0.25) is 0 Å². The first-order valence-electron chi connectivity index (χ1n) is 6.56. The van der Waals surface area contributed by atoms with E-state index in [2.05, 4.69) is 56.5 Å². The van der Waals surface area contributed by atoms with Gasteiger partial charge in [0, 0.05) is 23.1 Å². The van der Waals surface area contributed by atoms with E-state index in [4.69, 9.17) is 0 Å². The van der Waals surface area contributed by atoms with Crippen molar-refractivity contribution >= 4 is 10.9 Å².